The Morgan fingerprint density at radius 1 is 1.33 bits per heavy atom. The number of rotatable bonds is 3. The van der Waals surface area contributed by atoms with Gasteiger partial charge in [0.15, 0.2) is 0 Å². The van der Waals surface area contributed by atoms with Crippen LogP contribution in [0, 0.1) is 0 Å². The molecule has 0 bridgehead atoms. The first-order valence-corrected chi connectivity index (χ1v) is 7.50. The molecule has 0 atom stereocenters. The summed E-state index contributed by atoms with van der Waals surface area (Å²) in [6.07, 6.45) is 0.205. The van der Waals surface area contributed by atoms with Crippen molar-refractivity contribution in [3.8, 4) is 11.6 Å². The number of aromatic amines is 1. The van der Waals surface area contributed by atoms with Crippen LogP contribution in [0.25, 0.3) is 5.69 Å². The zero-order valence-corrected chi connectivity index (χ0v) is 11.8. The van der Waals surface area contributed by atoms with Crippen LogP contribution in [0.2, 0.25) is 0 Å². The molecule has 0 aliphatic carbocycles. The smallest absolute Gasteiger partial charge is 0.335 e. The van der Waals surface area contributed by atoms with E-state index in [-0.39, 0.29) is 22.6 Å². The number of sulfonamides is 1. The number of nitrogens with zero attached hydrogens (tertiary/aromatic N) is 1. The molecule has 0 aliphatic heterocycles. The van der Waals surface area contributed by atoms with Gasteiger partial charge in [0.05, 0.1) is 16.1 Å². The van der Waals surface area contributed by atoms with Gasteiger partial charge in [-0.05, 0) is 24.6 Å². The van der Waals surface area contributed by atoms with Gasteiger partial charge < -0.3 is 5.11 Å². The summed E-state index contributed by atoms with van der Waals surface area (Å²) in [5.41, 5.74) is -1.45. The number of H-pyrrole nitrogens is 1. The van der Waals surface area contributed by atoms with Crippen molar-refractivity contribution in [2.45, 2.75) is 18.2 Å². The normalized spacial score (nSPS) is 11.5. The van der Waals surface area contributed by atoms with Crippen molar-refractivity contribution in [2.24, 2.45) is 5.14 Å². The summed E-state index contributed by atoms with van der Waals surface area (Å²) < 4.78 is 23.5. The Labute approximate surface area is 119 Å². The molecule has 0 saturated heterocycles. The molecule has 4 N–H and O–H groups in total. The molecule has 0 unspecified atom stereocenters. The zero-order chi connectivity index (χ0) is 15.8. The molecule has 0 aliphatic rings. The van der Waals surface area contributed by atoms with Crippen molar-refractivity contribution in [1.29, 1.82) is 0 Å². The average Bonchev–Trinajstić information content (AvgIpc) is 2.38. The predicted octanol–water partition coefficient (Wildman–Crippen LogP) is -0.559. The van der Waals surface area contributed by atoms with Crippen LogP contribution < -0.4 is 16.4 Å². The average molecular weight is 311 g/mol. The molecule has 0 spiro atoms. The summed E-state index contributed by atoms with van der Waals surface area (Å²) in [6.45, 7) is 1.64. The zero-order valence-electron chi connectivity index (χ0n) is 11.0. The number of hydrogen-bond donors (Lipinski definition) is 3. The van der Waals surface area contributed by atoms with Gasteiger partial charge in [-0.1, -0.05) is 13.0 Å². The molecule has 21 heavy (non-hydrogen) atoms. The molecule has 8 nitrogen and oxygen atoms in total. The Kier molecular flexibility index (Phi) is 3.71. The van der Waals surface area contributed by atoms with Crippen molar-refractivity contribution in [1.82, 2.24) is 9.55 Å². The summed E-state index contributed by atoms with van der Waals surface area (Å²) in [5.74, 6) is -0.530. The number of nitrogens with one attached hydrogen (secondary N) is 1. The Morgan fingerprint density at radius 2 is 2.00 bits per heavy atom. The van der Waals surface area contributed by atoms with Crippen molar-refractivity contribution >= 4 is 10.0 Å². The summed E-state index contributed by atoms with van der Waals surface area (Å²) in [5, 5.41) is 15.1. The number of primary sulfonamides is 1. The molecular weight excluding hydrogens is 298 g/mol. The maximum atomic E-state index is 11.9. The van der Waals surface area contributed by atoms with Gasteiger partial charge in [0.1, 0.15) is 0 Å². The molecule has 0 radical (unpaired) electrons. The molecule has 0 saturated carbocycles. The second-order valence-corrected chi connectivity index (χ2v) is 5.85. The van der Waals surface area contributed by atoms with Gasteiger partial charge in [-0.15, -0.1) is 0 Å². The Balaban J connectivity index is 2.80. The molecule has 1 heterocycles. The van der Waals surface area contributed by atoms with Gasteiger partial charge in [0.2, 0.25) is 15.9 Å². The van der Waals surface area contributed by atoms with Gasteiger partial charge in [-0.25, -0.2) is 22.9 Å². The van der Waals surface area contributed by atoms with Crippen LogP contribution in [0.5, 0.6) is 5.88 Å². The van der Waals surface area contributed by atoms with Crippen molar-refractivity contribution < 1.29 is 13.5 Å². The van der Waals surface area contributed by atoms with Crippen molar-refractivity contribution in [3.05, 3.63) is 50.7 Å². The SMILES string of the molecule is CCc1c(O)n(-c2cccc(S(N)(=O)=O)c2)c(=O)[nH]c1=O. The first-order chi connectivity index (χ1) is 9.75. The third-order valence-electron chi connectivity index (χ3n) is 2.94. The first-order valence-electron chi connectivity index (χ1n) is 5.96. The van der Waals surface area contributed by atoms with Crippen LogP contribution in [0.1, 0.15) is 12.5 Å². The van der Waals surface area contributed by atoms with E-state index in [0.29, 0.717) is 0 Å². The highest BCUT2D eigenvalue weighted by atomic mass is 32.2. The summed E-state index contributed by atoms with van der Waals surface area (Å²) in [6, 6.07) is 5.17. The van der Waals surface area contributed by atoms with E-state index in [2.05, 4.69) is 4.98 Å². The van der Waals surface area contributed by atoms with E-state index in [9.17, 15) is 23.1 Å². The van der Waals surface area contributed by atoms with E-state index < -0.39 is 27.2 Å². The van der Waals surface area contributed by atoms with Crippen LogP contribution in [0.4, 0.5) is 0 Å². The lowest BCUT2D eigenvalue weighted by Gasteiger charge is -2.11. The molecule has 0 fully saturated rings. The summed E-state index contributed by atoms with van der Waals surface area (Å²) in [7, 11) is -3.95. The quantitative estimate of drug-likeness (QED) is 0.698. The van der Waals surface area contributed by atoms with Gasteiger partial charge in [0, 0.05) is 0 Å². The lowest BCUT2D eigenvalue weighted by atomic mass is 10.2. The van der Waals surface area contributed by atoms with Crippen LogP contribution in [0.15, 0.2) is 38.8 Å². The topological polar surface area (TPSA) is 135 Å². The molecule has 1 aromatic carbocycles. The third-order valence-corrected chi connectivity index (χ3v) is 3.85. The third kappa shape index (κ3) is 2.73. The van der Waals surface area contributed by atoms with Gasteiger partial charge in [-0.3, -0.25) is 9.78 Å². The lowest BCUT2D eigenvalue weighted by molar-refractivity contribution is 0.423. The molecule has 2 rings (SSSR count). The fourth-order valence-corrected chi connectivity index (χ4v) is 2.47. The summed E-state index contributed by atoms with van der Waals surface area (Å²) >= 11 is 0. The number of nitrogens with two attached hydrogens (primary N) is 1. The number of benzene rings is 1. The Morgan fingerprint density at radius 3 is 2.57 bits per heavy atom. The van der Waals surface area contributed by atoms with Gasteiger partial charge >= 0.3 is 5.69 Å². The van der Waals surface area contributed by atoms with Crippen molar-refractivity contribution in [2.75, 3.05) is 0 Å². The second-order valence-electron chi connectivity index (χ2n) is 4.29. The maximum Gasteiger partial charge on any atom is 0.335 e. The van der Waals surface area contributed by atoms with E-state index in [0.717, 1.165) is 10.6 Å². The van der Waals surface area contributed by atoms with Crippen LogP contribution in [-0.2, 0) is 16.4 Å². The minimum atomic E-state index is -3.95. The monoisotopic (exact) mass is 311 g/mol. The van der Waals surface area contributed by atoms with Crippen molar-refractivity contribution in [3.63, 3.8) is 0 Å². The van der Waals surface area contributed by atoms with E-state index in [1.165, 1.54) is 18.2 Å². The van der Waals surface area contributed by atoms with Gasteiger partial charge in [0.25, 0.3) is 5.56 Å². The molecule has 2 aromatic rings. The predicted molar refractivity (Wildman–Crippen MR) is 75.1 cm³/mol. The van der Waals surface area contributed by atoms with E-state index in [1.54, 1.807) is 6.92 Å². The second kappa shape index (κ2) is 5.19. The fourth-order valence-electron chi connectivity index (χ4n) is 1.92. The minimum absolute atomic E-state index is 0.0237. The number of aromatic hydroxyl groups is 1. The first kappa shape index (κ1) is 15.0. The van der Waals surface area contributed by atoms with Crippen LogP contribution >= 0.6 is 0 Å². The Bertz CT molecular complexity index is 911. The lowest BCUT2D eigenvalue weighted by Crippen LogP contribution is -2.31. The fraction of sp³-hybridized carbons (Fsp3) is 0.167. The molecule has 9 heteroatoms. The van der Waals surface area contributed by atoms with E-state index >= 15 is 0 Å². The molecule has 112 valence electrons. The number of aromatic nitrogens is 2. The maximum absolute atomic E-state index is 11.9. The highest BCUT2D eigenvalue weighted by Gasteiger charge is 2.16. The van der Waals surface area contributed by atoms with Gasteiger partial charge in [-0.2, -0.15) is 0 Å². The molecular formula is C12H13N3O5S. The Hall–Kier alpha value is -2.39. The van der Waals surface area contributed by atoms with E-state index in [4.69, 9.17) is 5.14 Å². The number of hydrogen-bond acceptors (Lipinski definition) is 5. The summed E-state index contributed by atoms with van der Waals surface area (Å²) in [4.78, 5) is 25.3. The highest BCUT2D eigenvalue weighted by molar-refractivity contribution is 7.89. The van der Waals surface area contributed by atoms with E-state index in [1.807, 2.05) is 0 Å². The highest BCUT2D eigenvalue weighted by Crippen LogP contribution is 2.19. The van der Waals surface area contributed by atoms with Crippen LogP contribution in [-0.4, -0.2) is 23.1 Å². The standard InChI is InChI=1S/C12H13N3O5S/c1-2-9-10(16)14-12(18)15(11(9)17)7-4-3-5-8(6-7)21(13,19)20/h3-6,17H,2H2,1H3,(H2,13,19,20)(H,14,16,18). The minimum Gasteiger partial charge on any atom is -0.494 e. The van der Waals surface area contributed by atoms with Crippen LogP contribution in [0.3, 0.4) is 0 Å². The molecule has 1 aromatic heterocycles. The largest absolute Gasteiger partial charge is 0.494 e. The molecule has 0 amide bonds.